The third-order valence-corrected chi connectivity index (χ3v) is 3.48. The van der Waals surface area contributed by atoms with Crippen LogP contribution in [0.1, 0.15) is 71.7 Å². The maximum Gasteiger partial charge on any atom is 0.228 e. The molecule has 0 aliphatic heterocycles. The van der Waals surface area contributed by atoms with Crippen LogP contribution >= 0.6 is 0 Å². The van der Waals surface area contributed by atoms with Crippen molar-refractivity contribution < 1.29 is 9.26 Å². The maximum absolute atomic E-state index is 5.53. The van der Waals surface area contributed by atoms with Gasteiger partial charge >= 0.3 is 0 Å². The van der Waals surface area contributed by atoms with Gasteiger partial charge in [0.25, 0.3) is 0 Å². The van der Waals surface area contributed by atoms with Gasteiger partial charge in [-0.25, -0.2) is 0 Å². The van der Waals surface area contributed by atoms with Gasteiger partial charge in [-0.1, -0.05) is 46.2 Å². The fourth-order valence-electron chi connectivity index (χ4n) is 2.49. The summed E-state index contributed by atoms with van der Waals surface area (Å²) in [6.45, 7) is 11.7. The lowest BCUT2D eigenvalue weighted by Gasteiger charge is -2.26. The van der Waals surface area contributed by atoms with Gasteiger partial charge in [-0.05, 0) is 24.8 Å². The second-order valence-corrected chi connectivity index (χ2v) is 6.67. The van der Waals surface area contributed by atoms with Crippen molar-refractivity contribution in [2.75, 3.05) is 13.7 Å². The van der Waals surface area contributed by atoms with E-state index in [0.717, 1.165) is 32.2 Å². The largest absolute Gasteiger partial charge is 0.373 e. The van der Waals surface area contributed by atoms with Gasteiger partial charge in [0, 0.05) is 19.6 Å². The molecule has 5 nitrogen and oxygen atoms in total. The molecular formula is C16H31N3O2. The van der Waals surface area contributed by atoms with E-state index in [9.17, 15) is 0 Å². The number of rotatable bonds is 9. The first-order chi connectivity index (χ1) is 9.92. The minimum Gasteiger partial charge on any atom is -0.373 e. The topological polar surface area (TPSA) is 60.2 Å². The molecule has 2 atom stereocenters. The summed E-state index contributed by atoms with van der Waals surface area (Å²) in [5, 5.41) is 7.65. The fraction of sp³-hybridized carbons (Fsp3) is 0.875. The minimum atomic E-state index is -0.150. The monoisotopic (exact) mass is 297 g/mol. The molecule has 1 aromatic heterocycles. The van der Waals surface area contributed by atoms with Gasteiger partial charge in [-0.3, -0.25) is 0 Å². The van der Waals surface area contributed by atoms with E-state index in [0.29, 0.717) is 17.8 Å². The van der Waals surface area contributed by atoms with Crippen molar-refractivity contribution in [2.24, 2.45) is 5.41 Å². The first-order valence-electron chi connectivity index (χ1n) is 8.01. The summed E-state index contributed by atoms with van der Waals surface area (Å²) >= 11 is 0. The fourth-order valence-corrected chi connectivity index (χ4v) is 2.49. The van der Waals surface area contributed by atoms with E-state index in [4.69, 9.17) is 9.26 Å². The second-order valence-electron chi connectivity index (χ2n) is 6.67. The molecule has 0 amide bonds. The van der Waals surface area contributed by atoms with E-state index >= 15 is 0 Å². The van der Waals surface area contributed by atoms with E-state index in [1.807, 2.05) is 0 Å². The van der Waals surface area contributed by atoms with E-state index in [-0.39, 0.29) is 11.5 Å². The molecule has 0 spiro atoms. The Balaban J connectivity index is 2.72. The Morgan fingerprint density at radius 2 is 1.95 bits per heavy atom. The summed E-state index contributed by atoms with van der Waals surface area (Å²) in [7, 11) is 1.69. The summed E-state index contributed by atoms with van der Waals surface area (Å²) in [4.78, 5) is 4.54. The van der Waals surface area contributed by atoms with Gasteiger partial charge in [0.15, 0.2) is 0 Å². The Hall–Kier alpha value is -0.940. The van der Waals surface area contributed by atoms with Crippen LogP contribution in [0.5, 0.6) is 0 Å². The van der Waals surface area contributed by atoms with E-state index in [1.165, 1.54) is 0 Å². The highest BCUT2D eigenvalue weighted by Gasteiger charge is 2.30. The molecule has 0 radical (unpaired) electrons. The SMILES string of the molecule is CCCNC(CCC)Cc1nc(C(OC)C(C)(C)C)no1. The zero-order chi connectivity index (χ0) is 15.9. The van der Waals surface area contributed by atoms with E-state index < -0.39 is 0 Å². The van der Waals surface area contributed by atoms with Gasteiger partial charge in [0.1, 0.15) is 6.10 Å². The molecule has 0 saturated carbocycles. The van der Waals surface area contributed by atoms with Crippen LogP contribution in [0.4, 0.5) is 0 Å². The third kappa shape index (κ3) is 5.75. The van der Waals surface area contributed by atoms with Gasteiger partial charge < -0.3 is 14.6 Å². The third-order valence-electron chi connectivity index (χ3n) is 3.48. The summed E-state index contributed by atoms with van der Waals surface area (Å²) in [5.41, 5.74) is -0.0564. The van der Waals surface area contributed by atoms with Crippen molar-refractivity contribution in [3.8, 4) is 0 Å². The number of hydrogen-bond acceptors (Lipinski definition) is 5. The average Bonchev–Trinajstić information content (AvgIpc) is 2.83. The van der Waals surface area contributed by atoms with Crippen LogP contribution in [0, 0.1) is 5.41 Å². The molecule has 0 aliphatic carbocycles. The molecule has 0 saturated heterocycles. The molecule has 0 fully saturated rings. The summed E-state index contributed by atoms with van der Waals surface area (Å²) in [6, 6.07) is 0.402. The molecule has 1 aromatic rings. The van der Waals surface area contributed by atoms with E-state index in [2.05, 4.69) is 50.1 Å². The maximum atomic E-state index is 5.53. The average molecular weight is 297 g/mol. The van der Waals surface area contributed by atoms with Gasteiger partial charge in [0.2, 0.25) is 11.7 Å². The van der Waals surface area contributed by atoms with E-state index in [1.54, 1.807) is 7.11 Å². The van der Waals surface area contributed by atoms with Crippen LogP contribution in [0.2, 0.25) is 0 Å². The van der Waals surface area contributed by atoms with Crippen molar-refractivity contribution in [3.63, 3.8) is 0 Å². The Bertz CT molecular complexity index is 398. The normalized spacial score (nSPS) is 15.1. The smallest absolute Gasteiger partial charge is 0.228 e. The predicted molar refractivity (Wildman–Crippen MR) is 84.2 cm³/mol. The Labute approximate surface area is 128 Å². The van der Waals surface area contributed by atoms with Crippen molar-refractivity contribution in [1.29, 1.82) is 0 Å². The highest BCUT2D eigenvalue weighted by molar-refractivity contribution is 4.97. The lowest BCUT2D eigenvalue weighted by Crippen LogP contribution is -2.31. The first-order valence-corrected chi connectivity index (χ1v) is 8.01. The van der Waals surface area contributed by atoms with Crippen molar-refractivity contribution in [1.82, 2.24) is 15.5 Å². The van der Waals surface area contributed by atoms with Crippen LogP contribution in [0.25, 0.3) is 0 Å². The highest BCUT2D eigenvalue weighted by Crippen LogP contribution is 2.33. The molecular weight excluding hydrogens is 266 g/mol. The number of methoxy groups -OCH3 is 1. The van der Waals surface area contributed by atoms with Crippen molar-refractivity contribution in [3.05, 3.63) is 11.7 Å². The summed E-state index contributed by atoms with van der Waals surface area (Å²) in [5.74, 6) is 1.34. The van der Waals surface area contributed by atoms with Gasteiger partial charge in [-0.2, -0.15) is 4.98 Å². The zero-order valence-corrected chi connectivity index (χ0v) is 14.4. The molecule has 1 N–H and O–H groups in total. The molecule has 21 heavy (non-hydrogen) atoms. The van der Waals surface area contributed by atoms with Crippen molar-refractivity contribution in [2.45, 2.75) is 72.4 Å². The molecule has 0 aliphatic rings. The lowest BCUT2D eigenvalue weighted by atomic mass is 9.88. The lowest BCUT2D eigenvalue weighted by molar-refractivity contribution is 0.00718. The Morgan fingerprint density at radius 3 is 2.48 bits per heavy atom. The van der Waals surface area contributed by atoms with Gasteiger partial charge in [0.05, 0.1) is 0 Å². The standard InChI is InChI=1S/C16H31N3O2/c1-7-9-12(17-10-8-2)11-13-18-15(19-21-13)14(20-6)16(3,4)5/h12,14,17H,7-11H2,1-6H3. The number of nitrogens with zero attached hydrogens (tertiary/aromatic N) is 2. The van der Waals surface area contributed by atoms with Crippen LogP contribution in [-0.2, 0) is 11.2 Å². The number of ether oxygens (including phenoxy) is 1. The number of nitrogens with one attached hydrogen (secondary N) is 1. The summed E-state index contributed by atoms with van der Waals surface area (Å²) in [6.07, 6.45) is 4.02. The van der Waals surface area contributed by atoms with Crippen molar-refractivity contribution >= 4 is 0 Å². The quantitative estimate of drug-likeness (QED) is 0.755. The second kappa shape index (κ2) is 8.49. The van der Waals surface area contributed by atoms with Crippen LogP contribution in [-0.4, -0.2) is 29.8 Å². The van der Waals surface area contributed by atoms with Crippen LogP contribution < -0.4 is 5.32 Å². The molecule has 0 bridgehead atoms. The molecule has 1 rings (SSSR count). The minimum absolute atomic E-state index is 0.0564. The summed E-state index contributed by atoms with van der Waals surface area (Å²) < 4.78 is 10.9. The Morgan fingerprint density at radius 1 is 1.24 bits per heavy atom. The Kier molecular flexibility index (Phi) is 7.32. The predicted octanol–water partition coefficient (Wildman–Crippen LogP) is 3.51. The zero-order valence-electron chi connectivity index (χ0n) is 14.4. The number of aromatic nitrogens is 2. The van der Waals surface area contributed by atoms with Crippen LogP contribution in [0.3, 0.4) is 0 Å². The molecule has 122 valence electrons. The van der Waals surface area contributed by atoms with Gasteiger partial charge in [-0.15, -0.1) is 0 Å². The molecule has 2 unspecified atom stereocenters. The highest BCUT2D eigenvalue weighted by atomic mass is 16.5. The molecule has 0 aromatic carbocycles. The molecule has 1 heterocycles. The number of hydrogen-bond donors (Lipinski definition) is 1. The molecule has 5 heteroatoms. The first kappa shape index (κ1) is 18.1. The van der Waals surface area contributed by atoms with Crippen LogP contribution in [0.15, 0.2) is 4.52 Å².